The number of thioether (sulfide) groups is 1. The highest BCUT2D eigenvalue weighted by molar-refractivity contribution is 7.99. The molecule has 0 atom stereocenters. The number of hydrogen-bond acceptors (Lipinski definition) is 5. The van der Waals surface area contributed by atoms with E-state index in [4.69, 9.17) is 4.74 Å². The SMILES string of the molecule is COc1ccc(-c2ccc(SCC(=O)Nc3ccccc3C(F)(F)F)nn2)cc1. The number of carbonyl (C=O) groups is 1. The minimum Gasteiger partial charge on any atom is -0.497 e. The van der Waals surface area contributed by atoms with Gasteiger partial charge in [0.1, 0.15) is 10.8 Å². The van der Waals surface area contributed by atoms with Crippen molar-refractivity contribution < 1.29 is 22.7 Å². The number of rotatable bonds is 6. The van der Waals surface area contributed by atoms with Crippen LogP contribution in [-0.4, -0.2) is 29.0 Å². The van der Waals surface area contributed by atoms with Gasteiger partial charge in [0, 0.05) is 5.56 Å². The predicted octanol–water partition coefficient (Wildman–Crippen LogP) is 4.90. The van der Waals surface area contributed by atoms with E-state index in [0.717, 1.165) is 29.1 Å². The summed E-state index contributed by atoms with van der Waals surface area (Å²) in [5.41, 5.74) is 0.352. The lowest BCUT2D eigenvalue weighted by atomic mass is 10.1. The molecule has 29 heavy (non-hydrogen) atoms. The van der Waals surface area contributed by atoms with E-state index in [1.54, 1.807) is 19.2 Å². The van der Waals surface area contributed by atoms with Crippen LogP contribution < -0.4 is 10.1 Å². The summed E-state index contributed by atoms with van der Waals surface area (Å²) in [6.45, 7) is 0. The normalized spacial score (nSPS) is 11.2. The van der Waals surface area contributed by atoms with Gasteiger partial charge in [-0.25, -0.2) is 0 Å². The van der Waals surface area contributed by atoms with Crippen molar-refractivity contribution >= 4 is 23.4 Å². The average Bonchev–Trinajstić information content (AvgIpc) is 2.72. The Bertz CT molecular complexity index is 978. The molecule has 1 heterocycles. The van der Waals surface area contributed by atoms with Crippen LogP contribution in [-0.2, 0) is 11.0 Å². The van der Waals surface area contributed by atoms with Gasteiger partial charge >= 0.3 is 6.18 Å². The average molecular weight is 419 g/mol. The molecule has 0 fully saturated rings. The van der Waals surface area contributed by atoms with Crippen LogP contribution in [0, 0.1) is 0 Å². The second-order valence-electron chi connectivity index (χ2n) is 5.87. The largest absolute Gasteiger partial charge is 0.497 e. The smallest absolute Gasteiger partial charge is 0.418 e. The van der Waals surface area contributed by atoms with E-state index in [1.165, 1.54) is 18.2 Å². The predicted molar refractivity (Wildman–Crippen MR) is 105 cm³/mol. The first-order chi connectivity index (χ1) is 13.9. The second kappa shape index (κ2) is 8.95. The van der Waals surface area contributed by atoms with Gasteiger partial charge in [-0.2, -0.15) is 13.2 Å². The Balaban J connectivity index is 1.59. The number of methoxy groups -OCH3 is 1. The minimum atomic E-state index is -4.54. The zero-order valence-corrected chi connectivity index (χ0v) is 16.1. The van der Waals surface area contributed by atoms with Crippen LogP contribution in [0.3, 0.4) is 0 Å². The Morgan fingerprint density at radius 2 is 1.76 bits per heavy atom. The number of amides is 1. The van der Waals surface area contributed by atoms with Gasteiger partial charge in [-0.05, 0) is 48.5 Å². The van der Waals surface area contributed by atoms with E-state index < -0.39 is 17.6 Å². The Labute approximate surface area is 169 Å². The number of anilines is 1. The van der Waals surface area contributed by atoms with Gasteiger partial charge in [0.15, 0.2) is 0 Å². The summed E-state index contributed by atoms with van der Waals surface area (Å²) in [7, 11) is 1.58. The highest BCUT2D eigenvalue weighted by atomic mass is 32.2. The highest BCUT2D eigenvalue weighted by Gasteiger charge is 2.33. The summed E-state index contributed by atoms with van der Waals surface area (Å²) in [5, 5.41) is 11.0. The fourth-order valence-electron chi connectivity index (χ4n) is 2.48. The zero-order chi connectivity index (χ0) is 20.9. The van der Waals surface area contributed by atoms with E-state index >= 15 is 0 Å². The number of carbonyl (C=O) groups excluding carboxylic acids is 1. The third kappa shape index (κ3) is 5.47. The molecule has 0 saturated heterocycles. The fraction of sp³-hybridized carbons (Fsp3) is 0.150. The van der Waals surface area contributed by atoms with Crippen LogP contribution in [0.1, 0.15) is 5.56 Å². The molecule has 0 radical (unpaired) electrons. The Morgan fingerprint density at radius 1 is 1.03 bits per heavy atom. The van der Waals surface area contributed by atoms with E-state index in [0.29, 0.717) is 10.7 Å². The molecule has 0 saturated carbocycles. The van der Waals surface area contributed by atoms with Crippen molar-refractivity contribution in [3.8, 4) is 17.0 Å². The van der Waals surface area contributed by atoms with Crippen molar-refractivity contribution in [3.05, 3.63) is 66.2 Å². The number of halogens is 3. The molecule has 0 aliphatic rings. The van der Waals surface area contributed by atoms with Gasteiger partial charge in [0.05, 0.1) is 29.8 Å². The number of benzene rings is 2. The summed E-state index contributed by atoms with van der Waals surface area (Å²) in [6.07, 6.45) is -4.54. The van der Waals surface area contributed by atoms with Gasteiger partial charge in [-0.3, -0.25) is 4.79 Å². The number of alkyl halides is 3. The lowest BCUT2D eigenvalue weighted by Crippen LogP contribution is -2.18. The summed E-state index contributed by atoms with van der Waals surface area (Å²) in [6, 6.07) is 15.6. The van der Waals surface area contributed by atoms with E-state index in [-0.39, 0.29) is 11.4 Å². The third-order valence-electron chi connectivity index (χ3n) is 3.88. The number of ether oxygens (including phenoxy) is 1. The first kappa shape index (κ1) is 20.7. The van der Waals surface area contributed by atoms with Gasteiger partial charge in [-0.1, -0.05) is 23.9 Å². The van der Waals surface area contributed by atoms with E-state index in [1.807, 2.05) is 24.3 Å². The monoisotopic (exact) mass is 419 g/mol. The number of aromatic nitrogens is 2. The van der Waals surface area contributed by atoms with E-state index in [9.17, 15) is 18.0 Å². The number of para-hydroxylation sites is 1. The van der Waals surface area contributed by atoms with E-state index in [2.05, 4.69) is 15.5 Å². The van der Waals surface area contributed by atoms with Crippen molar-refractivity contribution in [1.82, 2.24) is 10.2 Å². The lowest BCUT2D eigenvalue weighted by molar-refractivity contribution is -0.137. The molecule has 0 spiro atoms. The molecule has 150 valence electrons. The maximum absolute atomic E-state index is 13.0. The second-order valence-corrected chi connectivity index (χ2v) is 6.86. The Kier molecular flexibility index (Phi) is 6.38. The van der Waals surface area contributed by atoms with Crippen molar-refractivity contribution in [2.45, 2.75) is 11.2 Å². The molecule has 1 N–H and O–H groups in total. The maximum atomic E-state index is 13.0. The summed E-state index contributed by atoms with van der Waals surface area (Å²) >= 11 is 1.08. The van der Waals surface area contributed by atoms with Crippen LogP contribution in [0.25, 0.3) is 11.3 Å². The lowest BCUT2D eigenvalue weighted by Gasteiger charge is -2.13. The van der Waals surface area contributed by atoms with Crippen LogP contribution in [0.2, 0.25) is 0 Å². The minimum absolute atomic E-state index is 0.0945. The van der Waals surface area contributed by atoms with Crippen LogP contribution in [0.4, 0.5) is 18.9 Å². The first-order valence-electron chi connectivity index (χ1n) is 8.44. The standard InChI is InChI=1S/C20H16F3N3O2S/c1-28-14-8-6-13(7-9-14)16-10-11-19(26-25-16)29-12-18(27)24-17-5-3-2-4-15(17)20(21,22)23/h2-11H,12H2,1H3,(H,24,27). The molecule has 5 nitrogen and oxygen atoms in total. The number of nitrogens with one attached hydrogen (secondary N) is 1. The molecule has 2 aromatic carbocycles. The Hall–Kier alpha value is -3.07. The molecule has 3 aromatic rings. The van der Waals surface area contributed by atoms with Gasteiger partial charge in [0.25, 0.3) is 0 Å². The quantitative estimate of drug-likeness (QED) is 0.576. The van der Waals surface area contributed by atoms with Crippen LogP contribution >= 0.6 is 11.8 Å². The van der Waals surface area contributed by atoms with Crippen molar-refractivity contribution in [1.29, 1.82) is 0 Å². The summed E-state index contributed by atoms with van der Waals surface area (Å²) in [4.78, 5) is 12.1. The molecule has 9 heteroatoms. The number of nitrogens with zero attached hydrogens (tertiary/aromatic N) is 2. The Morgan fingerprint density at radius 3 is 2.38 bits per heavy atom. The molecule has 0 bridgehead atoms. The third-order valence-corrected chi connectivity index (χ3v) is 4.80. The fourth-order valence-corrected chi connectivity index (χ4v) is 3.09. The van der Waals surface area contributed by atoms with Crippen molar-refractivity contribution in [2.75, 3.05) is 18.2 Å². The molecule has 0 unspecified atom stereocenters. The molecular weight excluding hydrogens is 403 g/mol. The van der Waals surface area contributed by atoms with Crippen molar-refractivity contribution in [2.24, 2.45) is 0 Å². The molecule has 3 rings (SSSR count). The molecule has 0 aliphatic carbocycles. The highest BCUT2D eigenvalue weighted by Crippen LogP contribution is 2.34. The van der Waals surface area contributed by atoms with Crippen LogP contribution in [0.15, 0.2) is 65.7 Å². The molecule has 1 aromatic heterocycles. The number of hydrogen-bond donors (Lipinski definition) is 1. The molecule has 1 amide bonds. The first-order valence-corrected chi connectivity index (χ1v) is 9.42. The molecular formula is C20H16F3N3O2S. The van der Waals surface area contributed by atoms with Crippen molar-refractivity contribution in [3.63, 3.8) is 0 Å². The van der Waals surface area contributed by atoms with Gasteiger partial charge in [-0.15, -0.1) is 10.2 Å². The zero-order valence-electron chi connectivity index (χ0n) is 15.2. The topological polar surface area (TPSA) is 64.1 Å². The molecule has 0 aliphatic heterocycles. The van der Waals surface area contributed by atoms with Gasteiger partial charge in [0.2, 0.25) is 5.91 Å². The van der Waals surface area contributed by atoms with Crippen LogP contribution in [0.5, 0.6) is 5.75 Å². The van der Waals surface area contributed by atoms with Gasteiger partial charge < -0.3 is 10.1 Å². The summed E-state index contributed by atoms with van der Waals surface area (Å²) < 4.78 is 44.1. The summed E-state index contributed by atoms with van der Waals surface area (Å²) in [5.74, 6) is 0.0719. The maximum Gasteiger partial charge on any atom is 0.418 e.